The molecule has 1 saturated heterocycles. The number of piperidine rings is 1. The average Bonchev–Trinajstić information content (AvgIpc) is 3.09. The van der Waals surface area contributed by atoms with Crippen molar-refractivity contribution in [3.8, 4) is 11.3 Å². The van der Waals surface area contributed by atoms with Crippen LogP contribution in [-0.2, 0) is 0 Å². The van der Waals surface area contributed by atoms with E-state index < -0.39 is 0 Å². The van der Waals surface area contributed by atoms with Crippen LogP contribution in [0.3, 0.4) is 0 Å². The molecule has 2 heterocycles. The SMILES string of the molecule is CCCCNC(=O)c1nc(C2CCNCC2)oc1-c1ccccc1. The molecule has 24 heavy (non-hydrogen) atoms. The Kier molecular flexibility index (Phi) is 5.64. The van der Waals surface area contributed by atoms with Crippen molar-refractivity contribution in [3.05, 3.63) is 41.9 Å². The molecule has 0 unspecified atom stereocenters. The molecular weight excluding hydrogens is 302 g/mol. The van der Waals surface area contributed by atoms with Crippen molar-refractivity contribution in [3.63, 3.8) is 0 Å². The molecule has 0 bridgehead atoms. The summed E-state index contributed by atoms with van der Waals surface area (Å²) < 4.78 is 6.07. The highest BCUT2D eigenvalue weighted by atomic mass is 16.4. The van der Waals surface area contributed by atoms with Gasteiger partial charge in [0.1, 0.15) is 0 Å². The van der Waals surface area contributed by atoms with Crippen molar-refractivity contribution < 1.29 is 9.21 Å². The van der Waals surface area contributed by atoms with Gasteiger partial charge in [0.15, 0.2) is 17.3 Å². The average molecular weight is 327 g/mol. The van der Waals surface area contributed by atoms with Crippen LogP contribution in [0.15, 0.2) is 34.7 Å². The minimum atomic E-state index is -0.147. The van der Waals surface area contributed by atoms with Gasteiger partial charge in [0.05, 0.1) is 0 Å². The fourth-order valence-corrected chi connectivity index (χ4v) is 2.98. The number of oxazole rings is 1. The molecule has 1 aliphatic heterocycles. The van der Waals surface area contributed by atoms with E-state index in [-0.39, 0.29) is 11.8 Å². The second kappa shape index (κ2) is 8.11. The highest BCUT2D eigenvalue weighted by Gasteiger charge is 2.26. The lowest BCUT2D eigenvalue weighted by Gasteiger charge is -2.19. The van der Waals surface area contributed by atoms with E-state index in [4.69, 9.17) is 4.42 Å². The van der Waals surface area contributed by atoms with Crippen molar-refractivity contribution in [2.45, 2.75) is 38.5 Å². The van der Waals surface area contributed by atoms with Gasteiger partial charge < -0.3 is 15.1 Å². The first-order valence-electron chi connectivity index (χ1n) is 8.84. The number of carbonyl (C=O) groups excluding carboxylic acids is 1. The second-order valence-corrected chi connectivity index (χ2v) is 6.23. The van der Waals surface area contributed by atoms with Crippen LogP contribution in [0.2, 0.25) is 0 Å². The Bertz CT molecular complexity index is 661. The Morgan fingerprint density at radius 2 is 2.04 bits per heavy atom. The van der Waals surface area contributed by atoms with Crippen molar-refractivity contribution in [2.75, 3.05) is 19.6 Å². The van der Waals surface area contributed by atoms with Crippen LogP contribution in [0.25, 0.3) is 11.3 Å². The van der Waals surface area contributed by atoms with Crippen molar-refractivity contribution in [1.82, 2.24) is 15.6 Å². The lowest BCUT2D eigenvalue weighted by atomic mass is 9.98. The van der Waals surface area contributed by atoms with Crippen molar-refractivity contribution in [1.29, 1.82) is 0 Å². The number of nitrogens with zero attached hydrogens (tertiary/aromatic N) is 1. The van der Waals surface area contributed by atoms with E-state index in [0.29, 0.717) is 23.9 Å². The predicted molar refractivity (Wildman–Crippen MR) is 94.0 cm³/mol. The number of aromatic nitrogens is 1. The molecule has 0 aliphatic carbocycles. The van der Waals surface area contributed by atoms with Gasteiger partial charge in [-0.3, -0.25) is 4.79 Å². The molecule has 1 amide bonds. The topological polar surface area (TPSA) is 67.2 Å². The molecule has 3 rings (SSSR count). The van der Waals surface area contributed by atoms with E-state index in [9.17, 15) is 4.79 Å². The fourth-order valence-electron chi connectivity index (χ4n) is 2.98. The molecule has 2 N–H and O–H groups in total. The zero-order valence-electron chi connectivity index (χ0n) is 14.2. The molecule has 1 fully saturated rings. The summed E-state index contributed by atoms with van der Waals surface area (Å²) in [7, 11) is 0. The van der Waals surface area contributed by atoms with E-state index >= 15 is 0 Å². The second-order valence-electron chi connectivity index (χ2n) is 6.23. The normalized spacial score (nSPS) is 15.4. The van der Waals surface area contributed by atoms with Gasteiger partial charge in [-0.25, -0.2) is 4.98 Å². The number of unbranched alkanes of at least 4 members (excludes halogenated alkanes) is 1. The summed E-state index contributed by atoms with van der Waals surface area (Å²) in [5, 5.41) is 6.30. The largest absolute Gasteiger partial charge is 0.440 e. The molecule has 128 valence electrons. The Hall–Kier alpha value is -2.14. The van der Waals surface area contributed by atoms with Crippen molar-refractivity contribution >= 4 is 5.91 Å². The smallest absolute Gasteiger partial charge is 0.273 e. The van der Waals surface area contributed by atoms with Gasteiger partial charge >= 0.3 is 0 Å². The van der Waals surface area contributed by atoms with Gasteiger partial charge in [-0.15, -0.1) is 0 Å². The first-order chi connectivity index (χ1) is 11.8. The summed E-state index contributed by atoms with van der Waals surface area (Å²) in [6.07, 6.45) is 3.99. The van der Waals surface area contributed by atoms with E-state index in [1.807, 2.05) is 30.3 Å². The first-order valence-corrected chi connectivity index (χ1v) is 8.84. The molecular formula is C19H25N3O2. The maximum atomic E-state index is 12.6. The van der Waals surface area contributed by atoms with Crippen LogP contribution in [0.1, 0.15) is 54.9 Å². The Morgan fingerprint density at radius 1 is 1.29 bits per heavy atom. The number of benzene rings is 1. The number of amides is 1. The Morgan fingerprint density at radius 3 is 2.75 bits per heavy atom. The molecule has 1 aromatic carbocycles. The van der Waals surface area contributed by atoms with Crippen LogP contribution in [0, 0.1) is 0 Å². The molecule has 0 radical (unpaired) electrons. The summed E-state index contributed by atoms with van der Waals surface area (Å²) >= 11 is 0. The van der Waals surface area contributed by atoms with Crippen LogP contribution in [-0.4, -0.2) is 30.5 Å². The summed E-state index contributed by atoms with van der Waals surface area (Å²) in [5.41, 5.74) is 1.30. The van der Waals surface area contributed by atoms with Crippen LogP contribution in [0.5, 0.6) is 0 Å². The van der Waals surface area contributed by atoms with Gasteiger partial charge in [-0.05, 0) is 32.4 Å². The molecule has 5 nitrogen and oxygen atoms in total. The van der Waals surface area contributed by atoms with Gasteiger partial charge in [0, 0.05) is 18.0 Å². The standard InChI is InChI=1S/C19H25N3O2/c1-2-3-11-21-18(23)16-17(14-7-5-4-6-8-14)24-19(22-16)15-9-12-20-13-10-15/h4-8,15,20H,2-3,9-13H2,1H3,(H,21,23). The highest BCUT2D eigenvalue weighted by molar-refractivity contribution is 5.97. The Balaban J connectivity index is 1.89. The van der Waals surface area contributed by atoms with Gasteiger partial charge in [0.25, 0.3) is 5.91 Å². The lowest BCUT2D eigenvalue weighted by Crippen LogP contribution is -2.27. The van der Waals surface area contributed by atoms with Crippen LogP contribution >= 0.6 is 0 Å². The lowest BCUT2D eigenvalue weighted by molar-refractivity contribution is 0.0949. The maximum absolute atomic E-state index is 12.6. The van der Waals surface area contributed by atoms with Gasteiger partial charge in [0.2, 0.25) is 0 Å². The number of nitrogens with one attached hydrogen (secondary N) is 2. The predicted octanol–water partition coefficient (Wildman–Crippen LogP) is 3.34. The number of carbonyl (C=O) groups is 1. The third-order valence-corrected chi connectivity index (χ3v) is 4.40. The number of hydrogen-bond acceptors (Lipinski definition) is 4. The monoisotopic (exact) mass is 327 g/mol. The Labute approximate surface area is 142 Å². The minimum Gasteiger partial charge on any atom is -0.440 e. The fraction of sp³-hybridized carbons (Fsp3) is 0.474. The van der Waals surface area contributed by atoms with E-state index in [1.54, 1.807) is 0 Å². The first kappa shape index (κ1) is 16.7. The minimum absolute atomic E-state index is 0.147. The quantitative estimate of drug-likeness (QED) is 0.799. The molecule has 5 heteroatoms. The van der Waals surface area contributed by atoms with Gasteiger partial charge in [-0.1, -0.05) is 43.7 Å². The summed E-state index contributed by atoms with van der Waals surface area (Å²) in [6, 6.07) is 9.75. The third-order valence-electron chi connectivity index (χ3n) is 4.40. The molecule has 1 aromatic heterocycles. The molecule has 1 aliphatic rings. The number of hydrogen-bond donors (Lipinski definition) is 2. The zero-order chi connectivity index (χ0) is 16.8. The third kappa shape index (κ3) is 3.85. The highest BCUT2D eigenvalue weighted by Crippen LogP contribution is 2.31. The van der Waals surface area contributed by atoms with E-state index in [2.05, 4.69) is 22.5 Å². The van der Waals surface area contributed by atoms with Crippen LogP contribution in [0.4, 0.5) is 0 Å². The van der Waals surface area contributed by atoms with Gasteiger partial charge in [-0.2, -0.15) is 0 Å². The van der Waals surface area contributed by atoms with Crippen LogP contribution < -0.4 is 10.6 Å². The molecule has 0 atom stereocenters. The summed E-state index contributed by atoms with van der Waals surface area (Å²) in [4.78, 5) is 17.1. The summed E-state index contributed by atoms with van der Waals surface area (Å²) in [5.74, 6) is 1.41. The molecule has 0 saturated carbocycles. The van der Waals surface area contributed by atoms with Crippen molar-refractivity contribution in [2.24, 2.45) is 0 Å². The molecule has 2 aromatic rings. The summed E-state index contributed by atoms with van der Waals surface area (Å²) in [6.45, 7) is 4.70. The number of rotatable bonds is 6. The van der Waals surface area contributed by atoms with E-state index in [1.165, 1.54) is 0 Å². The van der Waals surface area contributed by atoms with E-state index in [0.717, 1.165) is 44.3 Å². The zero-order valence-corrected chi connectivity index (χ0v) is 14.2. The maximum Gasteiger partial charge on any atom is 0.273 e. The molecule has 0 spiro atoms.